The van der Waals surface area contributed by atoms with Crippen molar-refractivity contribution in [1.82, 2.24) is 10.2 Å². The number of hydrogen-bond donors (Lipinski definition) is 3. The van der Waals surface area contributed by atoms with E-state index in [1.54, 1.807) is 36.2 Å². The molecule has 0 saturated carbocycles. The summed E-state index contributed by atoms with van der Waals surface area (Å²) in [7, 11) is 1.56. The molecule has 0 aromatic heterocycles. The summed E-state index contributed by atoms with van der Waals surface area (Å²) in [5.41, 5.74) is 3.10. The smallest absolute Gasteiger partial charge is 0.254 e. The minimum Gasteiger partial charge on any atom is -0.507 e. The first-order chi connectivity index (χ1) is 16.5. The van der Waals surface area contributed by atoms with Crippen LogP contribution in [0.15, 0.2) is 24.3 Å². The lowest BCUT2D eigenvalue weighted by atomic mass is 9.78. The molecule has 0 radical (unpaired) electrons. The SMILES string of the molecule is Br.CNC(=O)c1cc2c(cc1OC(C)C)CN(CC(=O)c1cc(C(C)(C)C)c(O)c(C(C)(C)C)c1)C2=N. The van der Waals surface area contributed by atoms with Crippen molar-refractivity contribution in [3.05, 3.63) is 57.6 Å². The highest BCUT2D eigenvalue weighted by Crippen LogP contribution is 2.40. The van der Waals surface area contributed by atoms with E-state index in [4.69, 9.17) is 10.1 Å². The lowest BCUT2D eigenvalue weighted by Gasteiger charge is -2.28. The average molecular weight is 575 g/mol. The zero-order valence-corrected chi connectivity index (χ0v) is 25.0. The van der Waals surface area contributed by atoms with Crippen LogP contribution in [-0.2, 0) is 17.4 Å². The topological polar surface area (TPSA) is 103 Å². The number of ether oxygens (including phenoxy) is 1. The minimum atomic E-state index is -0.347. The zero-order chi connectivity index (χ0) is 27.2. The molecule has 8 heteroatoms. The molecule has 1 aliphatic heterocycles. The Balaban J connectivity index is 0.00000481. The summed E-state index contributed by atoms with van der Waals surface area (Å²) in [5.74, 6) is 0.475. The van der Waals surface area contributed by atoms with Crippen LogP contribution in [0.4, 0.5) is 0 Å². The summed E-state index contributed by atoms with van der Waals surface area (Å²) in [5, 5.41) is 22.3. The van der Waals surface area contributed by atoms with E-state index in [-0.39, 0.29) is 63.7 Å². The number of rotatable bonds is 6. The Morgan fingerprint density at radius 2 is 1.59 bits per heavy atom. The van der Waals surface area contributed by atoms with Gasteiger partial charge < -0.3 is 20.1 Å². The number of hydrogen-bond acceptors (Lipinski definition) is 5. The summed E-state index contributed by atoms with van der Waals surface area (Å²) < 4.78 is 5.88. The van der Waals surface area contributed by atoms with Crippen molar-refractivity contribution < 1.29 is 19.4 Å². The van der Waals surface area contributed by atoms with Crippen molar-refractivity contribution in [3.63, 3.8) is 0 Å². The van der Waals surface area contributed by atoms with Gasteiger partial charge in [-0.2, -0.15) is 0 Å². The number of nitrogens with zero attached hydrogens (tertiary/aromatic N) is 1. The highest BCUT2D eigenvalue weighted by atomic mass is 79.9. The van der Waals surface area contributed by atoms with E-state index in [1.165, 1.54) is 0 Å². The molecule has 1 heterocycles. The standard InChI is InChI=1S/C29H39N3O4.BrH/c1-16(2)36-24-12-18-14-32(26(30)19(18)13-20(24)27(35)31-9)15-23(33)17-10-21(28(3,4)5)25(34)22(11-17)29(6,7)8;/h10-13,16,30,34H,14-15H2,1-9H3,(H,31,35);1H. The van der Waals surface area contributed by atoms with Gasteiger partial charge in [0, 0.05) is 35.8 Å². The number of phenolic OH excluding ortho intramolecular Hbond substituents is 1. The Bertz CT molecular complexity index is 1190. The molecule has 202 valence electrons. The molecule has 2 aromatic carbocycles. The van der Waals surface area contributed by atoms with Crippen LogP contribution in [0.25, 0.3) is 0 Å². The van der Waals surface area contributed by atoms with Crippen molar-refractivity contribution in [2.75, 3.05) is 13.6 Å². The van der Waals surface area contributed by atoms with Crippen LogP contribution >= 0.6 is 17.0 Å². The number of benzene rings is 2. The summed E-state index contributed by atoms with van der Waals surface area (Å²) in [6.45, 7) is 16.2. The average Bonchev–Trinajstić information content (AvgIpc) is 3.04. The Morgan fingerprint density at radius 1 is 1.05 bits per heavy atom. The van der Waals surface area contributed by atoms with Crippen LogP contribution in [0.2, 0.25) is 0 Å². The van der Waals surface area contributed by atoms with E-state index < -0.39 is 0 Å². The number of phenols is 1. The Hall–Kier alpha value is -2.87. The van der Waals surface area contributed by atoms with Gasteiger partial charge >= 0.3 is 0 Å². The van der Waals surface area contributed by atoms with Crippen LogP contribution in [-0.4, -0.2) is 47.2 Å². The Morgan fingerprint density at radius 3 is 2.05 bits per heavy atom. The molecule has 0 bridgehead atoms. The molecule has 0 unspecified atom stereocenters. The number of amides is 1. The van der Waals surface area contributed by atoms with Crippen LogP contribution < -0.4 is 10.1 Å². The maximum atomic E-state index is 13.5. The van der Waals surface area contributed by atoms with E-state index in [0.717, 1.165) is 16.7 Å². The van der Waals surface area contributed by atoms with E-state index in [0.29, 0.717) is 29.0 Å². The van der Waals surface area contributed by atoms with Gasteiger partial charge in [0.2, 0.25) is 0 Å². The van der Waals surface area contributed by atoms with Crippen LogP contribution in [0.3, 0.4) is 0 Å². The highest BCUT2D eigenvalue weighted by Gasteiger charge is 2.31. The number of ketones is 1. The minimum absolute atomic E-state index is 0. The normalized spacial score (nSPS) is 13.4. The molecule has 37 heavy (non-hydrogen) atoms. The van der Waals surface area contributed by atoms with Gasteiger partial charge in [-0.3, -0.25) is 15.0 Å². The van der Waals surface area contributed by atoms with Gasteiger partial charge in [-0.05, 0) is 54.5 Å². The molecular formula is C29H40BrN3O4. The monoisotopic (exact) mass is 573 g/mol. The van der Waals surface area contributed by atoms with Gasteiger partial charge in [-0.1, -0.05) is 41.5 Å². The second kappa shape index (κ2) is 10.9. The van der Waals surface area contributed by atoms with Crippen molar-refractivity contribution >= 4 is 34.5 Å². The van der Waals surface area contributed by atoms with Crippen molar-refractivity contribution in [1.29, 1.82) is 5.41 Å². The van der Waals surface area contributed by atoms with Crippen molar-refractivity contribution in [2.45, 2.75) is 78.9 Å². The molecule has 1 aliphatic rings. The Labute approximate surface area is 230 Å². The molecule has 0 atom stereocenters. The lowest BCUT2D eigenvalue weighted by molar-refractivity contribution is 0.0951. The fourth-order valence-corrected chi connectivity index (χ4v) is 4.43. The molecular weight excluding hydrogens is 534 g/mol. The number of carbonyl (C=O) groups excluding carboxylic acids is 2. The van der Waals surface area contributed by atoms with E-state index in [1.807, 2.05) is 55.4 Å². The van der Waals surface area contributed by atoms with Gasteiger partial charge in [-0.25, -0.2) is 0 Å². The number of amidine groups is 1. The third-order valence-electron chi connectivity index (χ3n) is 6.35. The summed E-state index contributed by atoms with van der Waals surface area (Å²) in [4.78, 5) is 27.7. The molecule has 0 aliphatic carbocycles. The number of aromatic hydroxyl groups is 1. The highest BCUT2D eigenvalue weighted by molar-refractivity contribution is 8.93. The first kappa shape index (κ1) is 30.4. The summed E-state index contributed by atoms with van der Waals surface area (Å²) in [6, 6.07) is 7.03. The second-order valence-electron chi connectivity index (χ2n) is 11.8. The van der Waals surface area contributed by atoms with Crippen molar-refractivity contribution in [2.24, 2.45) is 0 Å². The molecule has 7 nitrogen and oxygen atoms in total. The third kappa shape index (κ3) is 6.35. The summed E-state index contributed by atoms with van der Waals surface area (Å²) in [6.07, 6.45) is -0.117. The van der Waals surface area contributed by atoms with Crippen LogP contribution in [0.5, 0.6) is 11.5 Å². The van der Waals surface area contributed by atoms with Gasteiger partial charge in [0.1, 0.15) is 17.3 Å². The molecule has 1 amide bonds. The molecule has 3 N–H and O–H groups in total. The molecule has 2 aromatic rings. The fourth-order valence-electron chi connectivity index (χ4n) is 4.43. The number of nitrogens with one attached hydrogen (secondary N) is 2. The van der Waals surface area contributed by atoms with Gasteiger partial charge in [-0.15, -0.1) is 17.0 Å². The number of carbonyl (C=O) groups is 2. The fraction of sp³-hybridized carbons (Fsp3) is 0.483. The number of halogens is 1. The van der Waals surface area contributed by atoms with E-state index in [9.17, 15) is 14.7 Å². The van der Waals surface area contributed by atoms with E-state index in [2.05, 4.69) is 5.32 Å². The quantitative estimate of drug-likeness (QED) is 0.382. The second-order valence-corrected chi connectivity index (χ2v) is 11.8. The first-order valence-electron chi connectivity index (χ1n) is 12.3. The Kier molecular flexibility index (Phi) is 8.91. The van der Waals surface area contributed by atoms with Gasteiger partial charge in [0.25, 0.3) is 5.91 Å². The van der Waals surface area contributed by atoms with Gasteiger partial charge in [0.05, 0.1) is 18.2 Å². The van der Waals surface area contributed by atoms with E-state index >= 15 is 0 Å². The lowest BCUT2D eigenvalue weighted by Crippen LogP contribution is -2.31. The predicted molar refractivity (Wildman–Crippen MR) is 153 cm³/mol. The third-order valence-corrected chi connectivity index (χ3v) is 6.35. The first-order valence-corrected chi connectivity index (χ1v) is 12.3. The number of fused-ring (bicyclic) bond motifs is 1. The van der Waals surface area contributed by atoms with Crippen LogP contribution in [0, 0.1) is 5.41 Å². The summed E-state index contributed by atoms with van der Waals surface area (Å²) >= 11 is 0. The molecule has 0 fully saturated rings. The van der Waals surface area contributed by atoms with Crippen LogP contribution in [0.1, 0.15) is 98.4 Å². The molecule has 0 saturated heterocycles. The largest absolute Gasteiger partial charge is 0.507 e. The number of Topliss-reactive ketones (excluding diaryl/α,β-unsaturated/α-hetero) is 1. The maximum Gasteiger partial charge on any atom is 0.254 e. The molecule has 0 spiro atoms. The van der Waals surface area contributed by atoms with Gasteiger partial charge in [0.15, 0.2) is 5.78 Å². The zero-order valence-electron chi connectivity index (χ0n) is 23.3. The maximum absolute atomic E-state index is 13.5. The molecule has 3 rings (SSSR count). The predicted octanol–water partition coefficient (Wildman–Crippen LogP) is 5.74. The van der Waals surface area contributed by atoms with Crippen molar-refractivity contribution in [3.8, 4) is 11.5 Å².